The summed E-state index contributed by atoms with van der Waals surface area (Å²) in [5, 5.41) is 5.52. The van der Waals surface area contributed by atoms with Crippen LogP contribution in [0.3, 0.4) is 0 Å². The van der Waals surface area contributed by atoms with Gasteiger partial charge >= 0.3 is 0 Å². The van der Waals surface area contributed by atoms with Crippen molar-refractivity contribution in [1.82, 2.24) is 10.5 Å². The van der Waals surface area contributed by atoms with E-state index in [1.165, 1.54) is 6.92 Å². The normalized spacial score (nSPS) is 17.9. The molecule has 1 saturated carbocycles. The molecule has 2 rings (SSSR count). The Morgan fingerprint density at radius 2 is 2.00 bits per heavy atom. The van der Waals surface area contributed by atoms with Crippen molar-refractivity contribution in [1.29, 1.82) is 0 Å². The van der Waals surface area contributed by atoms with Gasteiger partial charge in [0.15, 0.2) is 9.84 Å². The molecule has 0 unspecified atom stereocenters. The number of rotatable bonds is 5. The second-order valence-corrected chi connectivity index (χ2v) is 8.06. The topological polar surface area (TPSA) is 89.3 Å². The van der Waals surface area contributed by atoms with E-state index in [2.05, 4.69) is 10.5 Å². The Labute approximate surface area is 125 Å². The van der Waals surface area contributed by atoms with Crippen molar-refractivity contribution in [2.75, 3.05) is 0 Å². The Bertz CT molecular complexity index is 595. The Hall–Kier alpha value is -1.37. The van der Waals surface area contributed by atoms with Crippen LogP contribution >= 0.6 is 0 Å². The highest BCUT2D eigenvalue weighted by Gasteiger charge is 2.31. The van der Waals surface area contributed by atoms with Crippen molar-refractivity contribution in [3.05, 3.63) is 17.0 Å². The smallest absolute Gasteiger partial charge is 0.238 e. The monoisotopic (exact) mass is 314 g/mol. The third kappa shape index (κ3) is 3.64. The number of aryl methyl sites for hydroxylation is 2. The van der Waals surface area contributed by atoms with Crippen LogP contribution in [0.2, 0.25) is 0 Å². The Kier molecular flexibility index (Phi) is 4.70. The first-order chi connectivity index (χ1) is 9.81. The molecule has 1 aliphatic rings. The molecule has 1 N–H and O–H groups in total. The summed E-state index contributed by atoms with van der Waals surface area (Å²) in [6.45, 7) is 4.82. The zero-order valence-electron chi connectivity index (χ0n) is 12.7. The lowest BCUT2D eigenvalue weighted by atomic mass is 10.2. The second-order valence-electron chi connectivity index (χ2n) is 5.74. The van der Waals surface area contributed by atoms with Crippen LogP contribution < -0.4 is 5.32 Å². The number of hydrogen-bond donors (Lipinski definition) is 1. The van der Waals surface area contributed by atoms with Gasteiger partial charge in [-0.05, 0) is 33.6 Å². The van der Waals surface area contributed by atoms with E-state index < -0.39 is 21.0 Å². The third-order valence-electron chi connectivity index (χ3n) is 4.14. The minimum atomic E-state index is -3.58. The maximum Gasteiger partial charge on any atom is 0.238 e. The molecule has 1 atom stereocenters. The van der Waals surface area contributed by atoms with E-state index >= 15 is 0 Å². The quantitative estimate of drug-likeness (QED) is 0.892. The van der Waals surface area contributed by atoms with Gasteiger partial charge < -0.3 is 9.84 Å². The van der Waals surface area contributed by atoms with Crippen molar-refractivity contribution in [3.63, 3.8) is 0 Å². The summed E-state index contributed by atoms with van der Waals surface area (Å²) >= 11 is 0. The standard InChI is InChI=1S/C14H22N2O4S/c1-9-13(10(2)20-16-9)8-21(18,19)11(3)14(17)15-12-6-4-5-7-12/h11-12H,4-8H2,1-3H3,(H,15,17)/t11-/m1/s1. The molecule has 0 radical (unpaired) electrons. The first kappa shape index (κ1) is 16.0. The number of hydrogen-bond acceptors (Lipinski definition) is 5. The van der Waals surface area contributed by atoms with E-state index in [-0.39, 0.29) is 11.8 Å². The van der Waals surface area contributed by atoms with Crippen LogP contribution in [-0.2, 0) is 20.4 Å². The van der Waals surface area contributed by atoms with Gasteiger partial charge in [0, 0.05) is 11.6 Å². The number of aromatic nitrogens is 1. The van der Waals surface area contributed by atoms with Crippen molar-refractivity contribution in [2.45, 2.75) is 63.5 Å². The highest BCUT2D eigenvalue weighted by atomic mass is 32.2. The highest BCUT2D eigenvalue weighted by Crippen LogP contribution is 2.20. The molecule has 0 aromatic carbocycles. The van der Waals surface area contributed by atoms with Crippen LogP contribution in [0.1, 0.15) is 49.6 Å². The summed E-state index contributed by atoms with van der Waals surface area (Å²) in [7, 11) is -3.58. The van der Waals surface area contributed by atoms with Gasteiger partial charge in [0.25, 0.3) is 0 Å². The Morgan fingerprint density at radius 3 is 2.52 bits per heavy atom. The maximum atomic E-state index is 12.4. The molecule has 1 aliphatic carbocycles. The molecule has 1 fully saturated rings. The van der Waals surface area contributed by atoms with Crippen LogP contribution in [0.4, 0.5) is 0 Å². The minimum Gasteiger partial charge on any atom is -0.361 e. The van der Waals surface area contributed by atoms with Gasteiger partial charge in [-0.15, -0.1) is 0 Å². The van der Waals surface area contributed by atoms with Gasteiger partial charge in [-0.1, -0.05) is 18.0 Å². The summed E-state index contributed by atoms with van der Waals surface area (Å²) in [5.74, 6) is -0.138. The molecule has 1 heterocycles. The van der Waals surface area contributed by atoms with E-state index in [1.807, 2.05) is 0 Å². The van der Waals surface area contributed by atoms with Gasteiger partial charge in [0.1, 0.15) is 11.0 Å². The van der Waals surface area contributed by atoms with Crippen LogP contribution in [0, 0.1) is 13.8 Å². The summed E-state index contributed by atoms with van der Waals surface area (Å²) < 4.78 is 29.7. The molecule has 6 nitrogen and oxygen atoms in total. The molecule has 21 heavy (non-hydrogen) atoms. The van der Waals surface area contributed by atoms with Crippen LogP contribution in [0.15, 0.2) is 4.52 Å². The predicted molar refractivity (Wildman–Crippen MR) is 78.5 cm³/mol. The molecule has 0 saturated heterocycles. The number of nitrogens with zero attached hydrogens (tertiary/aromatic N) is 1. The molecular formula is C14H22N2O4S. The van der Waals surface area contributed by atoms with Crippen molar-refractivity contribution < 1.29 is 17.7 Å². The zero-order chi connectivity index (χ0) is 15.6. The maximum absolute atomic E-state index is 12.4. The molecule has 7 heteroatoms. The first-order valence-electron chi connectivity index (χ1n) is 7.25. The molecule has 0 bridgehead atoms. The van der Waals surface area contributed by atoms with E-state index in [4.69, 9.17) is 4.52 Å². The lowest BCUT2D eigenvalue weighted by molar-refractivity contribution is -0.121. The Morgan fingerprint density at radius 1 is 1.38 bits per heavy atom. The highest BCUT2D eigenvalue weighted by molar-refractivity contribution is 7.92. The fourth-order valence-electron chi connectivity index (χ4n) is 2.59. The van der Waals surface area contributed by atoms with E-state index in [9.17, 15) is 13.2 Å². The number of nitrogens with one attached hydrogen (secondary N) is 1. The lowest BCUT2D eigenvalue weighted by Crippen LogP contribution is -2.42. The molecule has 1 aromatic rings. The average molecular weight is 314 g/mol. The molecular weight excluding hydrogens is 292 g/mol. The van der Waals surface area contributed by atoms with Crippen molar-refractivity contribution >= 4 is 15.7 Å². The molecule has 1 aromatic heterocycles. The van der Waals surface area contributed by atoms with Crippen LogP contribution in [-0.4, -0.2) is 30.8 Å². The fraction of sp³-hybridized carbons (Fsp3) is 0.714. The average Bonchev–Trinajstić information content (AvgIpc) is 3.03. The van der Waals surface area contributed by atoms with Gasteiger partial charge in [-0.25, -0.2) is 8.42 Å². The van der Waals surface area contributed by atoms with Gasteiger partial charge in [-0.2, -0.15) is 0 Å². The van der Waals surface area contributed by atoms with Crippen molar-refractivity contribution in [2.24, 2.45) is 0 Å². The number of sulfone groups is 1. The minimum absolute atomic E-state index is 0.120. The summed E-state index contributed by atoms with van der Waals surface area (Å²) in [6.07, 6.45) is 4.04. The third-order valence-corrected chi connectivity index (χ3v) is 6.12. The van der Waals surface area contributed by atoms with Crippen LogP contribution in [0.5, 0.6) is 0 Å². The predicted octanol–water partition coefficient (Wildman–Crippen LogP) is 1.65. The molecule has 0 aliphatic heterocycles. The molecule has 118 valence electrons. The number of carbonyl (C=O) groups is 1. The summed E-state index contributed by atoms with van der Waals surface area (Å²) in [5.41, 5.74) is 1.11. The summed E-state index contributed by atoms with van der Waals surface area (Å²) in [4.78, 5) is 12.1. The lowest BCUT2D eigenvalue weighted by Gasteiger charge is -2.17. The second kappa shape index (κ2) is 6.17. The first-order valence-corrected chi connectivity index (χ1v) is 8.96. The van der Waals surface area contributed by atoms with E-state index in [1.54, 1.807) is 13.8 Å². The van der Waals surface area contributed by atoms with Gasteiger partial charge in [0.05, 0.1) is 11.4 Å². The Balaban J connectivity index is 2.05. The summed E-state index contributed by atoms with van der Waals surface area (Å²) in [6, 6.07) is 0.120. The van der Waals surface area contributed by atoms with E-state index in [0.29, 0.717) is 17.0 Å². The molecule has 0 spiro atoms. The largest absolute Gasteiger partial charge is 0.361 e. The number of carbonyl (C=O) groups excluding carboxylic acids is 1. The SMILES string of the molecule is Cc1noc(C)c1CS(=O)(=O)[C@H](C)C(=O)NC1CCCC1. The van der Waals surface area contributed by atoms with Gasteiger partial charge in [-0.3, -0.25) is 4.79 Å². The van der Waals surface area contributed by atoms with Crippen molar-refractivity contribution in [3.8, 4) is 0 Å². The van der Waals surface area contributed by atoms with Crippen LogP contribution in [0.25, 0.3) is 0 Å². The zero-order valence-corrected chi connectivity index (χ0v) is 13.5. The molecule has 1 amide bonds. The fourth-order valence-corrected chi connectivity index (χ4v) is 4.04. The van der Waals surface area contributed by atoms with Gasteiger partial charge in [0.2, 0.25) is 5.91 Å². The number of amides is 1. The van der Waals surface area contributed by atoms with E-state index in [0.717, 1.165) is 25.7 Å².